The van der Waals surface area contributed by atoms with E-state index in [0.29, 0.717) is 15.6 Å². The second-order valence-corrected chi connectivity index (χ2v) is 6.05. The minimum Gasteiger partial charge on any atom is -0.481 e. The average molecular weight is 276 g/mol. The van der Waals surface area contributed by atoms with Crippen LogP contribution in [0.3, 0.4) is 0 Å². The number of rotatable bonds is 5. The average Bonchev–Trinajstić information content (AvgIpc) is 2.61. The van der Waals surface area contributed by atoms with Crippen LogP contribution in [0.5, 0.6) is 0 Å². The summed E-state index contributed by atoms with van der Waals surface area (Å²) in [5.41, 5.74) is -0.550. The van der Waals surface area contributed by atoms with E-state index in [9.17, 15) is 9.59 Å². The Morgan fingerprint density at radius 2 is 2.12 bits per heavy atom. The molecule has 1 rings (SSSR count). The Hall–Kier alpha value is -1.07. The van der Waals surface area contributed by atoms with Gasteiger partial charge in [0.15, 0.2) is 0 Å². The molecule has 0 aliphatic rings. The SMILES string of the molecule is CC(C)(CCC(=O)O)NC(=O)c1ccc(Cl)s1. The van der Waals surface area contributed by atoms with Crippen molar-refractivity contribution in [2.45, 2.75) is 32.2 Å². The number of halogens is 1. The summed E-state index contributed by atoms with van der Waals surface area (Å²) in [6.45, 7) is 3.59. The molecule has 0 aliphatic heterocycles. The van der Waals surface area contributed by atoms with Gasteiger partial charge in [-0.15, -0.1) is 11.3 Å². The maximum absolute atomic E-state index is 11.8. The minimum atomic E-state index is -0.869. The van der Waals surface area contributed by atoms with Crippen molar-refractivity contribution in [1.82, 2.24) is 5.32 Å². The van der Waals surface area contributed by atoms with Gasteiger partial charge in [-0.3, -0.25) is 9.59 Å². The number of aliphatic carboxylic acids is 1. The lowest BCUT2D eigenvalue weighted by molar-refractivity contribution is -0.137. The van der Waals surface area contributed by atoms with Crippen LogP contribution in [0.2, 0.25) is 4.34 Å². The molecule has 0 bridgehead atoms. The van der Waals surface area contributed by atoms with Crippen molar-refractivity contribution in [3.05, 3.63) is 21.3 Å². The second-order valence-electron chi connectivity index (χ2n) is 4.34. The quantitative estimate of drug-likeness (QED) is 0.868. The molecule has 0 atom stereocenters. The van der Waals surface area contributed by atoms with Gasteiger partial charge < -0.3 is 10.4 Å². The lowest BCUT2D eigenvalue weighted by Crippen LogP contribution is -2.43. The molecule has 0 unspecified atom stereocenters. The van der Waals surface area contributed by atoms with Gasteiger partial charge in [0.2, 0.25) is 0 Å². The van der Waals surface area contributed by atoms with Crippen molar-refractivity contribution < 1.29 is 14.7 Å². The highest BCUT2D eigenvalue weighted by atomic mass is 35.5. The van der Waals surface area contributed by atoms with Crippen LogP contribution in [-0.2, 0) is 4.79 Å². The van der Waals surface area contributed by atoms with Gasteiger partial charge in [0.25, 0.3) is 5.91 Å². The molecule has 0 spiro atoms. The molecular formula is C11H14ClNO3S. The summed E-state index contributed by atoms with van der Waals surface area (Å²) >= 11 is 6.94. The maximum Gasteiger partial charge on any atom is 0.303 e. The first-order valence-corrected chi connectivity index (χ1v) is 6.29. The topological polar surface area (TPSA) is 66.4 Å². The summed E-state index contributed by atoms with van der Waals surface area (Å²) in [6.07, 6.45) is 0.408. The Kier molecular flexibility index (Phi) is 4.54. The van der Waals surface area contributed by atoms with Crippen molar-refractivity contribution in [3.63, 3.8) is 0 Å². The van der Waals surface area contributed by atoms with Gasteiger partial charge >= 0.3 is 5.97 Å². The Balaban J connectivity index is 2.58. The van der Waals surface area contributed by atoms with Crippen molar-refractivity contribution in [1.29, 1.82) is 0 Å². The summed E-state index contributed by atoms with van der Waals surface area (Å²) in [6, 6.07) is 3.31. The molecule has 94 valence electrons. The van der Waals surface area contributed by atoms with E-state index in [1.165, 1.54) is 11.3 Å². The molecule has 0 aliphatic carbocycles. The molecule has 0 saturated heterocycles. The summed E-state index contributed by atoms with van der Waals surface area (Å²) < 4.78 is 0.554. The molecule has 0 fully saturated rings. The van der Waals surface area contributed by atoms with Crippen LogP contribution in [0.15, 0.2) is 12.1 Å². The van der Waals surface area contributed by atoms with E-state index >= 15 is 0 Å². The molecular weight excluding hydrogens is 262 g/mol. The summed E-state index contributed by atoms with van der Waals surface area (Å²) in [5.74, 6) is -1.09. The monoisotopic (exact) mass is 275 g/mol. The van der Waals surface area contributed by atoms with Crippen LogP contribution in [0.25, 0.3) is 0 Å². The second kappa shape index (κ2) is 5.51. The van der Waals surface area contributed by atoms with Gasteiger partial charge in [-0.25, -0.2) is 0 Å². The van der Waals surface area contributed by atoms with E-state index in [0.717, 1.165) is 0 Å². The molecule has 1 heterocycles. The maximum atomic E-state index is 11.8. The number of hydrogen-bond donors (Lipinski definition) is 2. The third kappa shape index (κ3) is 4.75. The molecule has 0 saturated carbocycles. The molecule has 2 N–H and O–H groups in total. The summed E-state index contributed by atoms with van der Waals surface area (Å²) in [4.78, 5) is 22.8. The van der Waals surface area contributed by atoms with E-state index < -0.39 is 11.5 Å². The standard InChI is InChI=1S/C11H14ClNO3S/c1-11(2,6-5-9(14)15)13-10(16)7-3-4-8(12)17-7/h3-4H,5-6H2,1-2H3,(H,13,16)(H,14,15). The predicted octanol–water partition coefficient (Wildman–Crippen LogP) is 2.77. The highest BCUT2D eigenvalue weighted by Gasteiger charge is 2.22. The molecule has 0 radical (unpaired) electrons. The number of hydrogen-bond acceptors (Lipinski definition) is 3. The van der Waals surface area contributed by atoms with Crippen LogP contribution >= 0.6 is 22.9 Å². The van der Waals surface area contributed by atoms with E-state index in [2.05, 4.69) is 5.32 Å². The summed E-state index contributed by atoms with van der Waals surface area (Å²) in [7, 11) is 0. The van der Waals surface area contributed by atoms with Gasteiger partial charge in [0.05, 0.1) is 9.21 Å². The van der Waals surface area contributed by atoms with Crippen molar-refractivity contribution in [2.75, 3.05) is 0 Å². The smallest absolute Gasteiger partial charge is 0.303 e. The van der Waals surface area contributed by atoms with Gasteiger partial charge in [0.1, 0.15) is 0 Å². The lowest BCUT2D eigenvalue weighted by Gasteiger charge is -2.25. The fourth-order valence-electron chi connectivity index (χ4n) is 1.29. The molecule has 6 heteroatoms. The fraction of sp³-hybridized carbons (Fsp3) is 0.455. The van der Waals surface area contributed by atoms with Gasteiger partial charge in [-0.2, -0.15) is 0 Å². The Labute approximate surface area is 109 Å². The third-order valence-electron chi connectivity index (χ3n) is 2.21. The predicted molar refractivity (Wildman–Crippen MR) is 67.7 cm³/mol. The van der Waals surface area contributed by atoms with Crippen LogP contribution in [0.4, 0.5) is 0 Å². The largest absolute Gasteiger partial charge is 0.481 e. The van der Waals surface area contributed by atoms with E-state index in [4.69, 9.17) is 16.7 Å². The number of carbonyl (C=O) groups is 2. The zero-order valence-corrected chi connectivity index (χ0v) is 11.2. The molecule has 4 nitrogen and oxygen atoms in total. The number of carbonyl (C=O) groups excluding carboxylic acids is 1. The van der Waals surface area contributed by atoms with Gasteiger partial charge in [-0.05, 0) is 32.4 Å². The first kappa shape index (κ1) is 14.0. The fourth-order valence-corrected chi connectivity index (χ4v) is 2.23. The number of carboxylic acids is 1. The van der Waals surface area contributed by atoms with Gasteiger partial charge in [-0.1, -0.05) is 11.6 Å². The third-order valence-corrected chi connectivity index (χ3v) is 3.44. The van der Waals surface area contributed by atoms with Crippen molar-refractivity contribution in [3.8, 4) is 0 Å². The van der Waals surface area contributed by atoms with Crippen molar-refractivity contribution >= 4 is 34.8 Å². The minimum absolute atomic E-state index is 0.0263. The van der Waals surface area contributed by atoms with Crippen LogP contribution in [0, 0.1) is 0 Å². The Bertz CT molecular complexity index is 428. The number of nitrogens with one attached hydrogen (secondary N) is 1. The first-order chi connectivity index (χ1) is 7.80. The van der Waals surface area contributed by atoms with Crippen LogP contribution in [-0.4, -0.2) is 22.5 Å². The van der Waals surface area contributed by atoms with E-state index in [-0.39, 0.29) is 12.3 Å². The lowest BCUT2D eigenvalue weighted by atomic mass is 9.98. The first-order valence-electron chi connectivity index (χ1n) is 5.10. The Morgan fingerprint density at radius 1 is 1.47 bits per heavy atom. The van der Waals surface area contributed by atoms with Gasteiger partial charge in [0, 0.05) is 12.0 Å². The number of carboxylic acid groups (broad SMARTS) is 1. The molecule has 1 aromatic rings. The summed E-state index contributed by atoms with van der Waals surface area (Å²) in [5, 5.41) is 11.4. The normalized spacial score (nSPS) is 11.2. The number of thiophene rings is 1. The zero-order chi connectivity index (χ0) is 13.1. The highest BCUT2D eigenvalue weighted by molar-refractivity contribution is 7.18. The van der Waals surface area contributed by atoms with Crippen molar-refractivity contribution in [2.24, 2.45) is 0 Å². The molecule has 17 heavy (non-hydrogen) atoms. The molecule has 1 amide bonds. The number of amides is 1. The zero-order valence-electron chi connectivity index (χ0n) is 9.62. The molecule has 0 aromatic carbocycles. The van der Waals surface area contributed by atoms with E-state index in [1.54, 1.807) is 26.0 Å². The highest BCUT2D eigenvalue weighted by Crippen LogP contribution is 2.22. The molecule has 1 aromatic heterocycles. The van der Waals surface area contributed by atoms with E-state index in [1.807, 2.05) is 0 Å². The Morgan fingerprint density at radius 3 is 2.59 bits per heavy atom. The van der Waals surface area contributed by atoms with Crippen LogP contribution in [0.1, 0.15) is 36.4 Å². The van der Waals surface area contributed by atoms with Crippen LogP contribution < -0.4 is 5.32 Å².